The average molecular weight is 364 g/mol. The van der Waals surface area contributed by atoms with Crippen LogP contribution < -0.4 is 19.7 Å². The maximum Gasteiger partial charge on any atom is 0.335 e. The van der Waals surface area contributed by atoms with Crippen molar-refractivity contribution in [2.45, 2.75) is 4.90 Å². The van der Waals surface area contributed by atoms with Gasteiger partial charge in [0.25, 0.3) is 15.9 Å². The molecule has 0 aliphatic carbocycles. The third-order valence-corrected chi connectivity index (χ3v) is 4.57. The van der Waals surface area contributed by atoms with Gasteiger partial charge in [0.1, 0.15) is 0 Å². The summed E-state index contributed by atoms with van der Waals surface area (Å²) in [5.41, 5.74) is 2.03. The van der Waals surface area contributed by atoms with Crippen molar-refractivity contribution in [1.29, 1.82) is 0 Å². The van der Waals surface area contributed by atoms with Crippen molar-refractivity contribution >= 4 is 21.9 Å². The number of benzene rings is 2. The number of carbonyl (C=O) groups is 2. The first-order chi connectivity index (χ1) is 11.9. The van der Waals surface area contributed by atoms with Gasteiger partial charge in [0.2, 0.25) is 6.79 Å². The van der Waals surface area contributed by atoms with E-state index in [4.69, 9.17) is 14.6 Å². The Morgan fingerprint density at radius 3 is 2.52 bits per heavy atom. The molecule has 0 saturated heterocycles. The van der Waals surface area contributed by atoms with E-state index in [1.165, 1.54) is 36.4 Å². The Balaban J connectivity index is 1.72. The van der Waals surface area contributed by atoms with E-state index in [1.807, 2.05) is 4.83 Å². The number of hydrogen-bond acceptors (Lipinski definition) is 6. The van der Waals surface area contributed by atoms with Gasteiger partial charge in [-0.1, -0.05) is 6.07 Å². The van der Waals surface area contributed by atoms with E-state index in [9.17, 15) is 18.0 Å². The number of ether oxygens (including phenoxy) is 2. The van der Waals surface area contributed by atoms with Crippen molar-refractivity contribution in [3.63, 3.8) is 0 Å². The molecule has 0 spiro atoms. The fourth-order valence-electron chi connectivity index (χ4n) is 2.08. The van der Waals surface area contributed by atoms with Crippen LogP contribution in [0.25, 0.3) is 0 Å². The Morgan fingerprint density at radius 2 is 1.76 bits per heavy atom. The minimum Gasteiger partial charge on any atom is -0.478 e. The van der Waals surface area contributed by atoms with Gasteiger partial charge in [-0.15, -0.1) is 4.83 Å². The van der Waals surface area contributed by atoms with Crippen LogP contribution >= 0.6 is 0 Å². The molecule has 130 valence electrons. The molecule has 0 atom stereocenters. The molecule has 10 heteroatoms. The maximum absolute atomic E-state index is 12.2. The Labute approximate surface area is 142 Å². The molecule has 0 saturated carbocycles. The lowest BCUT2D eigenvalue weighted by molar-refractivity contribution is 0.0696. The molecule has 2 aromatic rings. The molecule has 2 aromatic carbocycles. The van der Waals surface area contributed by atoms with E-state index in [-0.39, 0.29) is 22.8 Å². The van der Waals surface area contributed by atoms with E-state index in [0.29, 0.717) is 11.5 Å². The van der Waals surface area contributed by atoms with Crippen LogP contribution in [-0.2, 0) is 10.0 Å². The summed E-state index contributed by atoms with van der Waals surface area (Å²) in [7, 11) is -4.13. The Kier molecular flexibility index (Phi) is 4.30. The summed E-state index contributed by atoms with van der Waals surface area (Å²) in [6, 6.07) is 9.13. The van der Waals surface area contributed by atoms with Crippen molar-refractivity contribution in [2.24, 2.45) is 0 Å². The molecule has 0 radical (unpaired) electrons. The molecule has 9 nitrogen and oxygen atoms in total. The van der Waals surface area contributed by atoms with Crippen LogP contribution in [0.1, 0.15) is 20.7 Å². The molecule has 3 N–H and O–H groups in total. The second kappa shape index (κ2) is 6.42. The quantitative estimate of drug-likeness (QED) is 0.667. The fraction of sp³-hybridized carbons (Fsp3) is 0.0667. The van der Waals surface area contributed by atoms with Gasteiger partial charge in [-0.2, -0.15) is 0 Å². The molecule has 1 heterocycles. The Bertz CT molecular complexity index is 956. The lowest BCUT2D eigenvalue weighted by atomic mass is 10.2. The van der Waals surface area contributed by atoms with Crippen LogP contribution in [0.2, 0.25) is 0 Å². The molecule has 0 bridgehead atoms. The molecule has 0 unspecified atom stereocenters. The molecule has 0 aromatic heterocycles. The number of hydrazine groups is 1. The number of carboxylic acid groups (broad SMARTS) is 1. The topological polar surface area (TPSA) is 131 Å². The van der Waals surface area contributed by atoms with Gasteiger partial charge < -0.3 is 14.6 Å². The highest BCUT2D eigenvalue weighted by molar-refractivity contribution is 7.89. The zero-order chi connectivity index (χ0) is 18.0. The van der Waals surface area contributed by atoms with E-state index in [2.05, 4.69) is 5.43 Å². The van der Waals surface area contributed by atoms with Crippen molar-refractivity contribution in [3.05, 3.63) is 53.6 Å². The number of aromatic carboxylic acids is 1. The molecule has 0 fully saturated rings. The van der Waals surface area contributed by atoms with E-state index < -0.39 is 21.9 Å². The molecule has 1 aliphatic heterocycles. The van der Waals surface area contributed by atoms with E-state index in [1.54, 1.807) is 0 Å². The largest absolute Gasteiger partial charge is 0.478 e. The predicted molar refractivity (Wildman–Crippen MR) is 83.8 cm³/mol. The monoisotopic (exact) mass is 364 g/mol. The third kappa shape index (κ3) is 3.54. The number of rotatable bonds is 5. The second-order valence-corrected chi connectivity index (χ2v) is 6.64. The zero-order valence-corrected chi connectivity index (χ0v) is 13.4. The van der Waals surface area contributed by atoms with Crippen molar-refractivity contribution in [1.82, 2.24) is 10.3 Å². The smallest absolute Gasteiger partial charge is 0.335 e. The van der Waals surface area contributed by atoms with Gasteiger partial charge in [-0.25, -0.2) is 13.2 Å². The second-order valence-electron chi connectivity index (χ2n) is 4.96. The van der Waals surface area contributed by atoms with E-state index >= 15 is 0 Å². The first-order valence-electron chi connectivity index (χ1n) is 6.92. The van der Waals surface area contributed by atoms with Crippen LogP contribution in [0.5, 0.6) is 11.5 Å². The van der Waals surface area contributed by atoms with Crippen LogP contribution in [0.15, 0.2) is 47.4 Å². The number of carboxylic acids is 1. The van der Waals surface area contributed by atoms with Gasteiger partial charge in [0.05, 0.1) is 10.5 Å². The van der Waals surface area contributed by atoms with Gasteiger partial charge in [0.15, 0.2) is 11.5 Å². The number of fused-ring (bicyclic) bond motifs is 1. The summed E-state index contributed by atoms with van der Waals surface area (Å²) in [5.74, 6) is -1.11. The minimum absolute atomic E-state index is 0.0486. The van der Waals surface area contributed by atoms with Crippen LogP contribution in [0.4, 0.5) is 0 Å². The minimum atomic E-state index is -4.13. The lowest BCUT2D eigenvalue weighted by Crippen LogP contribution is -2.41. The van der Waals surface area contributed by atoms with Gasteiger partial charge in [-0.3, -0.25) is 10.2 Å². The number of hydrogen-bond donors (Lipinski definition) is 3. The number of sulfonamides is 1. The standard InChI is InChI=1S/C15H12N2O7S/c18-14(9-4-5-12-13(7-9)24-8-23-12)16-17-25(21,22)11-3-1-2-10(6-11)15(19)20/h1-7,17H,8H2,(H,16,18)(H,19,20). The van der Waals surface area contributed by atoms with Crippen molar-refractivity contribution in [3.8, 4) is 11.5 Å². The SMILES string of the molecule is O=C(O)c1cccc(S(=O)(=O)NNC(=O)c2ccc3c(c2)OCO3)c1. The Morgan fingerprint density at radius 1 is 1.00 bits per heavy atom. The summed E-state index contributed by atoms with van der Waals surface area (Å²) < 4.78 is 34.6. The van der Waals surface area contributed by atoms with E-state index in [0.717, 1.165) is 6.07 Å². The van der Waals surface area contributed by atoms with Crippen LogP contribution in [-0.4, -0.2) is 32.2 Å². The summed E-state index contributed by atoms with van der Waals surface area (Å²) in [4.78, 5) is 24.6. The van der Waals surface area contributed by atoms with Crippen LogP contribution in [0, 0.1) is 0 Å². The molecular formula is C15H12N2O7S. The van der Waals surface area contributed by atoms with Crippen molar-refractivity contribution in [2.75, 3.05) is 6.79 Å². The zero-order valence-electron chi connectivity index (χ0n) is 12.6. The number of nitrogens with one attached hydrogen (secondary N) is 2. The highest BCUT2D eigenvalue weighted by atomic mass is 32.2. The highest BCUT2D eigenvalue weighted by Crippen LogP contribution is 2.32. The first kappa shape index (κ1) is 16.7. The number of amides is 1. The van der Waals surface area contributed by atoms with Crippen LogP contribution in [0.3, 0.4) is 0 Å². The predicted octanol–water partition coefficient (Wildman–Crippen LogP) is 0.737. The molecule has 1 amide bonds. The van der Waals surface area contributed by atoms with Crippen molar-refractivity contribution < 1.29 is 32.6 Å². The molecule has 3 rings (SSSR count). The van der Waals surface area contributed by atoms with Gasteiger partial charge in [0, 0.05) is 5.56 Å². The lowest BCUT2D eigenvalue weighted by Gasteiger charge is -2.09. The number of carbonyl (C=O) groups excluding carboxylic acids is 1. The highest BCUT2D eigenvalue weighted by Gasteiger charge is 2.19. The first-order valence-corrected chi connectivity index (χ1v) is 8.40. The van der Waals surface area contributed by atoms with Gasteiger partial charge >= 0.3 is 5.97 Å². The summed E-state index contributed by atoms with van der Waals surface area (Å²) in [5, 5.41) is 8.91. The van der Waals surface area contributed by atoms with Gasteiger partial charge in [-0.05, 0) is 36.4 Å². The molecule has 1 aliphatic rings. The molecular weight excluding hydrogens is 352 g/mol. The summed E-state index contributed by atoms with van der Waals surface area (Å²) in [6.45, 7) is 0.0486. The Hall–Kier alpha value is -3.11. The summed E-state index contributed by atoms with van der Waals surface area (Å²) >= 11 is 0. The normalized spacial score (nSPS) is 12.6. The molecule has 25 heavy (non-hydrogen) atoms. The average Bonchev–Trinajstić information content (AvgIpc) is 3.07. The summed E-state index contributed by atoms with van der Waals surface area (Å²) in [6.07, 6.45) is 0. The fourth-order valence-corrected chi connectivity index (χ4v) is 2.96. The maximum atomic E-state index is 12.2. The third-order valence-electron chi connectivity index (χ3n) is 3.32.